The summed E-state index contributed by atoms with van der Waals surface area (Å²) in [6.07, 6.45) is 3.05. The largest absolute Gasteiger partial charge is 0.395 e. The number of β-amino-alcohol motifs (C(OH)–C–C–N with tert-alkyl or cyclic N) is 1. The molecule has 1 fully saturated rings. The van der Waals surface area contributed by atoms with E-state index in [0.29, 0.717) is 30.2 Å². The van der Waals surface area contributed by atoms with Crippen LogP contribution in [0.2, 0.25) is 5.02 Å². The molecular weight excluding hydrogens is 254 g/mol. The van der Waals surface area contributed by atoms with E-state index in [9.17, 15) is 4.79 Å². The first-order valence-corrected chi connectivity index (χ1v) is 6.32. The topological polar surface area (TPSA) is 56.7 Å². The van der Waals surface area contributed by atoms with E-state index in [1.54, 1.807) is 17.2 Å². The van der Waals surface area contributed by atoms with Crippen LogP contribution in [0.1, 0.15) is 10.4 Å². The van der Waals surface area contributed by atoms with Gasteiger partial charge in [0.1, 0.15) is 0 Å². The minimum atomic E-state index is -0.0500. The Bertz CT molecular complexity index is 420. The molecule has 2 rings (SSSR count). The minimum absolute atomic E-state index is 0.0500. The summed E-state index contributed by atoms with van der Waals surface area (Å²) in [5.41, 5.74) is 0.502. The number of nitrogens with zero attached hydrogens (tertiary/aromatic N) is 3. The molecule has 0 bridgehead atoms. The van der Waals surface area contributed by atoms with Gasteiger partial charge in [-0.2, -0.15) is 0 Å². The molecule has 6 heteroatoms. The monoisotopic (exact) mass is 269 g/mol. The fourth-order valence-electron chi connectivity index (χ4n) is 2.03. The lowest BCUT2D eigenvalue weighted by molar-refractivity contribution is 0.0615. The van der Waals surface area contributed by atoms with Crippen LogP contribution in [-0.4, -0.2) is 65.1 Å². The molecule has 0 aliphatic carbocycles. The molecule has 98 valence electrons. The van der Waals surface area contributed by atoms with Crippen molar-refractivity contribution in [3.05, 3.63) is 29.0 Å². The Balaban J connectivity index is 1.98. The predicted molar refractivity (Wildman–Crippen MR) is 68.7 cm³/mol. The first kappa shape index (κ1) is 13.3. The Kier molecular flexibility index (Phi) is 4.52. The maximum absolute atomic E-state index is 12.2. The van der Waals surface area contributed by atoms with Crippen molar-refractivity contribution in [1.82, 2.24) is 14.8 Å². The lowest BCUT2D eigenvalue weighted by atomic mass is 10.2. The number of hydrogen-bond donors (Lipinski definition) is 1. The van der Waals surface area contributed by atoms with Crippen LogP contribution in [0.25, 0.3) is 0 Å². The van der Waals surface area contributed by atoms with Crippen molar-refractivity contribution >= 4 is 17.5 Å². The molecule has 0 saturated carbocycles. The van der Waals surface area contributed by atoms with Gasteiger partial charge in [0.2, 0.25) is 0 Å². The number of amides is 1. The van der Waals surface area contributed by atoms with Gasteiger partial charge in [0.05, 0.1) is 17.2 Å². The van der Waals surface area contributed by atoms with E-state index in [2.05, 4.69) is 9.88 Å². The average molecular weight is 270 g/mol. The number of halogens is 1. The highest BCUT2D eigenvalue weighted by Gasteiger charge is 2.23. The molecule has 5 nitrogen and oxygen atoms in total. The number of aliphatic hydroxyl groups is 1. The number of pyridine rings is 1. The van der Waals surface area contributed by atoms with Crippen LogP contribution in [0.5, 0.6) is 0 Å². The molecule has 1 saturated heterocycles. The van der Waals surface area contributed by atoms with Gasteiger partial charge in [-0.15, -0.1) is 0 Å². The third-order valence-electron chi connectivity index (χ3n) is 3.08. The maximum atomic E-state index is 12.2. The standard InChI is InChI=1S/C12H16ClN3O2/c13-11-9-14-2-1-10(11)12(18)16-5-3-15(4-6-16)7-8-17/h1-2,9,17H,3-8H2. The zero-order valence-electron chi connectivity index (χ0n) is 10.0. The highest BCUT2D eigenvalue weighted by atomic mass is 35.5. The Morgan fingerprint density at radius 1 is 1.39 bits per heavy atom. The van der Waals surface area contributed by atoms with Crippen molar-refractivity contribution in [2.24, 2.45) is 0 Å². The van der Waals surface area contributed by atoms with Crippen LogP contribution in [0.4, 0.5) is 0 Å². The highest BCUT2D eigenvalue weighted by Crippen LogP contribution is 2.16. The summed E-state index contributed by atoms with van der Waals surface area (Å²) in [6, 6.07) is 1.64. The summed E-state index contributed by atoms with van der Waals surface area (Å²) in [4.78, 5) is 20.0. The number of rotatable bonds is 3. The molecule has 0 aromatic carbocycles. The van der Waals surface area contributed by atoms with Crippen molar-refractivity contribution < 1.29 is 9.90 Å². The molecule has 1 aromatic rings. The van der Waals surface area contributed by atoms with E-state index >= 15 is 0 Å². The van der Waals surface area contributed by atoms with Gasteiger partial charge in [-0.1, -0.05) is 11.6 Å². The molecule has 2 heterocycles. The third kappa shape index (κ3) is 2.98. The van der Waals surface area contributed by atoms with Crippen LogP contribution < -0.4 is 0 Å². The number of carbonyl (C=O) groups is 1. The molecule has 1 aliphatic heterocycles. The lowest BCUT2D eigenvalue weighted by Crippen LogP contribution is -2.49. The summed E-state index contributed by atoms with van der Waals surface area (Å²) >= 11 is 5.96. The normalized spacial score (nSPS) is 16.9. The average Bonchev–Trinajstić information content (AvgIpc) is 2.40. The second-order valence-corrected chi connectivity index (χ2v) is 4.62. The van der Waals surface area contributed by atoms with Gasteiger partial charge in [-0.3, -0.25) is 14.7 Å². The van der Waals surface area contributed by atoms with Crippen molar-refractivity contribution in [1.29, 1.82) is 0 Å². The molecule has 0 atom stereocenters. The molecule has 18 heavy (non-hydrogen) atoms. The summed E-state index contributed by atoms with van der Waals surface area (Å²) in [5, 5.41) is 9.25. The van der Waals surface area contributed by atoms with Crippen molar-refractivity contribution in [3.8, 4) is 0 Å². The minimum Gasteiger partial charge on any atom is -0.395 e. The SMILES string of the molecule is O=C(c1ccncc1Cl)N1CCN(CCO)CC1. The van der Waals surface area contributed by atoms with E-state index in [4.69, 9.17) is 16.7 Å². The van der Waals surface area contributed by atoms with Gasteiger partial charge in [-0.05, 0) is 6.07 Å². The van der Waals surface area contributed by atoms with Crippen LogP contribution in [0.15, 0.2) is 18.5 Å². The molecule has 1 N–H and O–H groups in total. The lowest BCUT2D eigenvalue weighted by Gasteiger charge is -2.34. The van der Waals surface area contributed by atoms with Gasteiger partial charge in [0, 0.05) is 45.1 Å². The maximum Gasteiger partial charge on any atom is 0.255 e. The highest BCUT2D eigenvalue weighted by molar-refractivity contribution is 6.33. The summed E-state index contributed by atoms with van der Waals surface area (Å²) in [7, 11) is 0. The number of aliphatic hydroxyl groups excluding tert-OH is 1. The van der Waals surface area contributed by atoms with Crippen molar-refractivity contribution in [2.75, 3.05) is 39.3 Å². The Morgan fingerprint density at radius 3 is 2.72 bits per heavy atom. The van der Waals surface area contributed by atoms with Crippen LogP contribution >= 0.6 is 11.6 Å². The first-order valence-electron chi connectivity index (χ1n) is 5.94. The second-order valence-electron chi connectivity index (χ2n) is 4.21. The zero-order chi connectivity index (χ0) is 13.0. The van der Waals surface area contributed by atoms with Gasteiger partial charge >= 0.3 is 0 Å². The van der Waals surface area contributed by atoms with Gasteiger partial charge < -0.3 is 10.0 Å². The predicted octanol–water partition coefficient (Wildman–Crippen LogP) is 0.485. The zero-order valence-corrected chi connectivity index (χ0v) is 10.8. The summed E-state index contributed by atoms with van der Waals surface area (Å²) in [5.74, 6) is -0.0500. The fraction of sp³-hybridized carbons (Fsp3) is 0.500. The number of hydrogen-bond acceptors (Lipinski definition) is 4. The molecule has 0 radical (unpaired) electrons. The summed E-state index contributed by atoms with van der Waals surface area (Å²) in [6.45, 7) is 3.72. The molecule has 1 amide bonds. The van der Waals surface area contributed by atoms with E-state index < -0.39 is 0 Å². The van der Waals surface area contributed by atoms with Gasteiger partial charge in [0.25, 0.3) is 5.91 Å². The van der Waals surface area contributed by atoms with E-state index in [1.165, 1.54) is 6.20 Å². The molecular formula is C12H16ClN3O2. The van der Waals surface area contributed by atoms with Gasteiger partial charge in [0.15, 0.2) is 0 Å². The third-order valence-corrected chi connectivity index (χ3v) is 3.38. The number of aromatic nitrogens is 1. The summed E-state index contributed by atoms with van der Waals surface area (Å²) < 4.78 is 0. The second kappa shape index (κ2) is 6.13. The Morgan fingerprint density at radius 2 is 2.11 bits per heavy atom. The molecule has 0 spiro atoms. The van der Waals surface area contributed by atoms with E-state index in [0.717, 1.165) is 13.1 Å². The van der Waals surface area contributed by atoms with Crippen LogP contribution in [0.3, 0.4) is 0 Å². The van der Waals surface area contributed by atoms with Crippen LogP contribution in [0, 0.1) is 0 Å². The van der Waals surface area contributed by atoms with Gasteiger partial charge in [-0.25, -0.2) is 0 Å². The van der Waals surface area contributed by atoms with Crippen molar-refractivity contribution in [3.63, 3.8) is 0 Å². The Hall–Kier alpha value is -1.17. The molecule has 0 unspecified atom stereocenters. The number of carbonyl (C=O) groups excluding carboxylic acids is 1. The molecule has 1 aromatic heterocycles. The first-order chi connectivity index (χ1) is 8.72. The Labute approximate surface area is 111 Å². The molecule has 1 aliphatic rings. The van der Waals surface area contributed by atoms with Crippen LogP contribution in [-0.2, 0) is 0 Å². The van der Waals surface area contributed by atoms with Crippen molar-refractivity contribution in [2.45, 2.75) is 0 Å². The smallest absolute Gasteiger partial charge is 0.255 e. The quantitative estimate of drug-likeness (QED) is 0.868. The van der Waals surface area contributed by atoms with E-state index in [1.807, 2.05) is 0 Å². The number of piperazine rings is 1. The fourth-order valence-corrected chi connectivity index (χ4v) is 2.24. The van der Waals surface area contributed by atoms with E-state index in [-0.39, 0.29) is 12.5 Å².